The Labute approximate surface area is 224 Å². The van der Waals surface area contributed by atoms with Crippen LogP contribution in [0.3, 0.4) is 0 Å². The molecule has 4 aromatic rings. The molecule has 37 heavy (non-hydrogen) atoms. The van der Waals surface area contributed by atoms with Gasteiger partial charge in [0, 0.05) is 28.5 Å². The number of nitrogens with zero attached hydrogens (tertiary/aromatic N) is 1. The third kappa shape index (κ3) is 4.18. The van der Waals surface area contributed by atoms with E-state index in [1.807, 2.05) is 30.3 Å². The first-order chi connectivity index (χ1) is 17.9. The largest absolute Gasteiger partial charge is 0.378 e. The van der Waals surface area contributed by atoms with Crippen LogP contribution in [0.25, 0.3) is 10.8 Å². The standard InChI is InChI=1S/C30H25ClN2O3S/c1-17(34)19-13-14-24-22(15-19)28-23(30(32-24)21-10-6-8-18-7-2-3-9-20(18)21)16-27(29(28)31)37-26-12-5-4-11-25(26)33(35)36/h2-15,23,27-30,32H,16H2,1H3/t23-,27+,28-,29+,30+/m1/s1. The smallest absolute Gasteiger partial charge is 0.282 e. The van der Waals surface area contributed by atoms with Gasteiger partial charge in [0.2, 0.25) is 0 Å². The summed E-state index contributed by atoms with van der Waals surface area (Å²) in [5.41, 5.74) is 4.04. The van der Waals surface area contributed by atoms with E-state index in [9.17, 15) is 14.9 Å². The van der Waals surface area contributed by atoms with Crippen molar-refractivity contribution in [3.63, 3.8) is 0 Å². The number of fused-ring (bicyclic) bond motifs is 4. The maximum Gasteiger partial charge on any atom is 0.282 e. The van der Waals surface area contributed by atoms with E-state index in [1.165, 1.54) is 28.1 Å². The highest BCUT2D eigenvalue weighted by Crippen LogP contribution is 2.58. The van der Waals surface area contributed by atoms with Gasteiger partial charge in [-0.15, -0.1) is 23.4 Å². The Kier molecular flexibility index (Phi) is 6.17. The van der Waals surface area contributed by atoms with Crippen LogP contribution in [0, 0.1) is 16.0 Å². The molecule has 0 spiro atoms. The first kappa shape index (κ1) is 24.0. The molecule has 0 aromatic heterocycles. The van der Waals surface area contributed by atoms with Crippen LogP contribution in [0.15, 0.2) is 89.8 Å². The number of hydrogen-bond donors (Lipinski definition) is 1. The number of carbonyl (C=O) groups is 1. The van der Waals surface area contributed by atoms with Crippen molar-refractivity contribution in [1.82, 2.24) is 0 Å². The number of carbonyl (C=O) groups excluding carboxylic acids is 1. The summed E-state index contributed by atoms with van der Waals surface area (Å²) in [5, 5.41) is 17.6. The molecule has 0 amide bonds. The van der Waals surface area contributed by atoms with Crippen molar-refractivity contribution in [2.75, 3.05) is 5.32 Å². The van der Waals surface area contributed by atoms with Gasteiger partial charge in [0.05, 0.1) is 21.2 Å². The first-order valence-electron chi connectivity index (χ1n) is 12.4. The Morgan fingerprint density at radius 1 is 1.00 bits per heavy atom. The topological polar surface area (TPSA) is 72.2 Å². The lowest BCUT2D eigenvalue weighted by Gasteiger charge is -2.39. The van der Waals surface area contributed by atoms with E-state index in [4.69, 9.17) is 11.6 Å². The number of alkyl halides is 1. The molecule has 1 heterocycles. The Hall–Kier alpha value is -3.35. The Morgan fingerprint density at radius 2 is 1.76 bits per heavy atom. The van der Waals surface area contributed by atoms with Crippen LogP contribution < -0.4 is 5.32 Å². The second-order valence-electron chi connectivity index (χ2n) is 9.80. The number of benzene rings is 4. The number of nitro benzene ring substituents is 1. The first-order valence-corrected chi connectivity index (χ1v) is 13.7. The third-order valence-electron chi connectivity index (χ3n) is 7.72. The zero-order valence-corrected chi connectivity index (χ0v) is 21.7. The van der Waals surface area contributed by atoms with E-state index >= 15 is 0 Å². The van der Waals surface area contributed by atoms with Gasteiger partial charge < -0.3 is 5.32 Å². The summed E-state index contributed by atoms with van der Waals surface area (Å²) in [6, 6.07) is 27.5. The van der Waals surface area contributed by atoms with E-state index in [2.05, 4.69) is 41.7 Å². The van der Waals surface area contributed by atoms with Crippen molar-refractivity contribution in [3.05, 3.63) is 112 Å². The molecule has 7 heteroatoms. The number of anilines is 1. The molecule has 1 saturated carbocycles. The average molecular weight is 529 g/mol. The van der Waals surface area contributed by atoms with E-state index in [0.717, 1.165) is 17.7 Å². The summed E-state index contributed by atoms with van der Waals surface area (Å²) in [6.45, 7) is 1.58. The highest BCUT2D eigenvalue weighted by atomic mass is 35.5. The third-order valence-corrected chi connectivity index (χ3v) is 9.83. The maximum absolute atomic E-state index is 12.2. The van der Waals surface area contributed by atoms with Crippen LogP contribution in [-0.2, 0) is 0 Å². The minimum Gasteiger partial charge on any atom is -0.378 e. The van der Waals surface area contributed by atoms with Gasteiger partial charge in [0.25, 0.3) is 5.69 Å². The highest BCUT2D eigenvalue weighted by Gasteiger charge is 2.50. The van der Waals surface area contributed by atoms with E-state index in [0.29, 0.717) is 10.5 Å². The molecule has 5 atom stereocenters. The van der Waals surface area contributed by atoms with Gasteiger partial charge in [-0.25, -0.2) is 0 Å². The molecule has 5 nitrogen and oxygen atoms in total. The van der Waals surface area contributed by atoms with Gasteiger partial charge in [-0.3, -0.25) is 14.9 Å². The van der Waals surface area contributed by atoms with Crippen molar-refractivity contribution in [2.45, 2.75) is 40.8 Å². The Morgan fingerprint density at radius 3 is 2.57 bits per heavy atom. The number of nitro groups is 1. The number of nitrogens with one attached hydrogen (secondary N) is 1. The monoisotopic (exact) mass is 528 g/mol. The van der Waals surface area contributed by atoms with Crippen LogP contribution in [0.1, 0.15) is 46.8 Å². The van der Waals surface area contributed by atoms with Crippen molar-refractivity contribution >= 4 is 51.3 Å². The molecular weight excluding hydrogens is 504 g/mol. The molecule has 0 unspecified atom stereocenters. The Bertz CT molecular complexity index is 1540. The summed E-state index contributed by atoms with van der Waals surface area (Å²) in [4.78, 5) is 24.2. The van der Waals surface area contributed by atoms with Crippen LogP contribution in [0.4, 0.5) is 11.4 Å². The lowest BCUT2D eigenvalue weighted by atomic mass is 9.76. The zero-order chi connectivity index (χ0) is 25.7. The van der Waals surface area contributed by atoms with E-state index in [-0.39, 0.29) is 44.9 Å². The molecule has 2 aliphatic rings. The van der Waals surface area contributed by atoms with E-state index in [1.54, 1.807) is 25.1 Å². The normalized spacial score (nSPS) is 24.2. The Balaban J connectivity index is 1.46. The lowest BCUT2D eigenvalue weighted by Crippen LogP contribution is -2.31. The molecule has 1 fully saturated rings. The van der Waals surface area contributed by atoms with Crippen molar-refractivity contribution in [1.29, 1.82) is 0 Å². The summed E-state index contributed by atoms with van der Waals surface area (Å²) < 4.78 is 0. The summed E-state index contributed by atoms with van der Waals surface area (Å²) in [5.74, 6) is 0.176. The molecule has 6 rings (SSSR count). The number of para-hydroxylation sites is 1. The molecule has 1 aliphatic heterocycles. The highest BCUT2D eigenvalue weighted by molar-refractivity contribution is 8.00. The molecule has 186 valence electrons. The van der Waals surface area contributed by atoms with Crippen molar-refractivity contribution < 1.29 is 9.72 Å². The van der Waals surface area contributed by atoms with Gasteiger partial charge in [0.1, 0.15) is 0 Å². The van der Waals surface area contributed by atoms with Gasteiger partial charge in [0.15, 0.2) is 5.78 Å². The molecule has 1 aliphatic carbocycles. The van der Waals surface area contributed by atoms with Crippen LogP contribution in [-0.4, -0.2) is 21.3 Å². The van der Waals surface area contributed by atoms with Gasteiger partial charge in [-0.2, -0.15) is 0 Å². The number of Topliss-reactive ketones (excluding diaryl/α,β-unsaturated/α-hetero) is 1. The number of thioether (sulfide) groups is 1. The molecule has 0 saturated heterocycles. The molecule has 0 bridgehead atoms. The quantitative estimate of drug-likeness (QED) is 0.123. The average Bonchev–Trinajstić information content (AvgIpc) is 3.23. The summed E-state index contributed by atoms with van der Waals surface area (Å²) in [7, 11) is 0. The fourth-order valence-corrected chi connectivity index (χ4v) is 7.98. The second kappa shape index (κ2) is 9.51. The van der Waals surface area contributed by atoms with E-state index < -0.39 is 0 Å². The van der Waals surface area contributed by atoms with Crippen LogP contribution in [0.2, 0.25) is 0 Å². The fraction of sp³-hybridized carbons (Fsp3) is 0.233. The van der Waals surface area contributed by atoms with Gasteiger partial charge in [-0.1, -0.05) is 54.6 Å². The maximum atomic E-state index is 12.2. The minimum atomic E-state index is -0.331. The molecular formula is C30H25ClN2O3S. The second-order valence-corrected chi connectivity index (χ2v) is 11.6. The molecule has 0 radical (unpaired) electrons. The van der Waals surface area contributed by atoms with Crippen molar-refractivity contribution in [2.24, 2.45) is 5.92 Å². The predicted octanol–water partition coefficient (Wildman–Crippen LogP) is 7.99. The zero-order valence-electron chi connectivity index (χ0n) is 20.1. The fourth-order valence-electron chi connectivity index (χ4n) is 6.04. The summed E-state index contributed by atoms with van der Waals surface area (Å²) >= 11 is 8.76. The van der Waals surface area contributed by atoms with Gasteiger partial charge >= 0.3 is 0 Å². The van der Waals surface area contributed by atoms with Gasteiger partial charge in [-0.05, 0) is 65.4 Å². The predicted molar refractivity (Wildman–Crippen MR) is 150 cm³/mol. The lowest BCUT2D eigenvalue weighted by molar-refractivity contribution is -0.387. The van der Waals surface area contributed by atoms with Crippen molar-refractivity contribution in [3.8, 4) is 0 Å². The summed E-state index contributed by atoms with van der Waals surface area (Å²) in [6.07, 6.45) is 0.792. The minimum absolute atomic E-state index is 0.00135. The number of ketones is 1. The number of halogens is 1. The van der Waals surface area contributed by atoms with Crippen LogP contribution in [0.5, 0.6) is 0 Å². The molecule has 1 N–H and O–H groups in total. The SMILES string of the molecule is CC(=O)c1ccc2c(c1)[C@H]1[C@@H](Cl)[C@@H](Sc3ccccc3[N+](=O)[O-])C[C@H]1[C@H](c1cccc3ccccc13)N2. The number of hydrogen-bond acceptors (Lipinski definition) is 5. The number of rotatable bonds is 5. The van der Waals surface area contributed by atoms with Crippen LogP contribution >= 0.6 is 23.4 Å². The molecule has 4 aromatic carbocycles.